The number of nitrogens with zero attached hydrogens (tertiary/aromatic N) is 3. The molecule has 1 fully saturated rings. The summed E-state index contributed by atoms with van der Waals surface area (Å²) in [5, 5.41) is 3.14. The Balaban J connectivity index is 1.49. The van der Waals surface area contributed by atoms with Gasteiger partial charge in [-0.2, -0.15) is 0 Å². The molecule has 0 bridgehead atoms. The standard InChI is InChI=1S/C20H22N4OS/c1-13(20-21-9-10-26-20)24(2)12-14-3-5-16(6-4-14)19-22-17(15-7-8-15)11-18(25)23-19/h3-6,9-11,13,15H,7-8,12H2,1-2H3,(H,22,23,25). The fourth-order valence-corrected chi connectivity index (χ4v) is 3.78. The summed E-state index contributed by atoms with van der Waals surface area (Å²) in [6.45, 7) is 3.01. The molecule has 1 aliphatic carbocycles. The molecule has 134 valence electrons. The Morgan fingerprint density at radius 1 is 1.31 bits per heavy atom. The van der Waals surface area contributed by atoms with Crippen LogP contribution in [0.3, 0.4) is 0 Å². The van der Waals surface area contributed by atoms with Crippen molar-refractivity contribution >= 4 is 11.3 Å². The van der Waals surface area contributed by atoms with Crippen molar-refractivity contribution in [1.82, 2.24) is 19.9 Å². The molecule has 2 heterocycles. The van der Waals surface area contributed by atoms with Crippen LogP contribution in [0.1, 0.15) is 48.0 Å². The summed E-state index contributed by atoms with van der Waals surface area (Å²) in [5.74, 6) is 1.13. The lowest BCUT2D eigenvalue weighted by molar-refractivity contribution is 0.252. The number of rotatable bonds is 6. The smallest absolute Gasteiger partial charge is 0.251 e. The topological polar surface area (TPSA) is 61.9 Å². The van der Waals surface area contributed by atoms with Gasteiger partial charge in [0.15, 0.2) is 0 Å². The Hall–Kier alpha value is -2.31. The molecular weight excluding hydrogens is 344 g/mol. The first-order valence-corrected chi connectivity index (χ1v) is 9.78. The molecule has 26 heavy (non-hydrogen) atoms. The average Bonchev–Trinajstić information content (AvgIpc) is 3.36. The van der Waals surface area contributed by atoms with Crippen molar-refractivity contribution in [2.24, 2.45) is 0 Å². The van der Waals surface area contributed by atoms with Gasteiger partial charge in [0, 0.05) is 35.7 Å². The Morgan fingerprint density at radius 3 is 2.73 bits per heavy atom. The number of aromatic amines is 1. The highest BCUT2D eigenvalue weighted by molar-refractivity contribution is 7.09. The number of thiazole rings is 1. The maximum Gasteiger partial charge on any atom is 0.251 e. The Bertz CT molecular complexity index is 929. The summed E-state index contributed by atoms with van der Waals surface area (Å²) in [7, 11) is 2.11. The molecule has 5 nitrogen and oxygen atoms in total. The van der Waals surface area contributed by atoms with Crippen LogP contribution in [-0.2, 0) is 6.54 Å². The molecule has 0 amide bonds. The highest BCUT2D eigenvalue weighted by atomic mass is 32.1. The lowest BCUT2D eigenvalue weighted by Crippen LogP contribution is -2.21. The third-order valence-electron chi connectivity index (χ3n) is 4.89. The van der Waals surface area contributed by atoms with Crippen LogP contribution in [0.25, 0.3) is 11.4 Å². The van der Waals surface area contributed by atoms with Crippen molar-refractivity contribution in [3.8, 4) is 11.4 Å². The first-order chi connectivity index (χ1) is 12.6. The van der Waals surface area contributed by atoms with E-state index in [4.69, 9.17) is 0 Å². The highest BCUT2D eigenvalue weighted by Gasteiger charge is 2.26. The zero-order chi connectivity index (χ0) is 18.1. The minimum atomic E-state index is -0.0713. The van der Waals surface area contributed by atoms with Crippen molar-refractivity contribution in [2.75, 3.05) is 7.05 Å². The minimum absolute atomic E-state index is 0.0713. The molecule has 1 atom stereocenters. The number of aromatic nitrogens is 3. The molecule has 0 spiro atoms. The summed E-state index contributed by atoms with van der Waals surface area (Å²) in [4.78, 5) is 26.1. The second-order valence-electron chi connectivity index (χ2n) is 6.95. The van der Waals surface area contributed by atoms with E-state index in [1.165, 1.54) is 5.56 Å². The second-order valence-corrected chi connectivity index (χ2v) is 7.88. The van der Waals surface area contributed by atoms with E-state index in [-0.39, 0.29) is 11.6 Å². The Labute approximate surface area is 156 Å². The molecule has 2 aromatic heterocycles. The van der Waals surface area contributed by atoms with E-state index in [0.717, 1.165) is 35.7 Å². The molecule has 1 saturated carbocycles. The van der Waals surface area contributed by atoms with Gasteiger partial charge in [-0.3, -0.25) is 9.69 Å². The van der Waals surface area contributed by atoms with Crippen molar-refractivity contribution in [2.45, 2.75) is 38.3 Å². The summed E-state index contributed by atoms with van der Waals surface area (Å²) in [6, 6.07) is 10.2. The van der Waals surface area contributed by atoms with Crippen molar-refractivity contribution in [3.63, 3.8) is 0 Å². The van der Waals surface area contributed by atoms with Crippen LogP contribution >= 0.6 is 11.3 Å². The van der Waals surface area contributed by atoms with Gasteiger partial charge < -0.3 is 4.98 Å². The van der Waals surface area contributed by atoms with E-state index >= 15 is 0 Å². The number of nitrogens with one attached hydrogen (secondary N) is 1. The van der Waals surface area contributed by atoms with E-state index in [1.54, 1.807) is 17.4 Å². The van der Waals surface area contributed by atoms with Crippen LogP contribution in [0, 0.1) is 0 Å². The molecule has 1 aliphatic rings. The van der Waals surface area contributed by atoms with Crippen LogP contribution in [0.4, 0.5) is 0 Å². The molecule has 1 aromatic carbocycles. The van der Waals surface area contributed by atoms with Crippen molar-refractivity contribution in [1.29, 1.82) is 0 Å². The SMILES string of the molecule is CC(c1nccs1)N(C)Cc1ccc(-c2nc(C3CC3)cc(=O)[nH]2)cc1. The molecule has 1 unspecified atom stereocenters. The van der Waals surface area contributed by atoms with Gasteiger partial charge in [0.1, 0.15) is 10.8 Å². The number of benzene rings is 1. The van der Waals surface area contributed by atoms with E-state index in [0.29, 0.717) is 11.7 Å². The van der Waals surface area contributed by atoms with Gasteiger partial charge in [0.2, 0.25) is 0 Å². The van der Waals surface area contributed by atoms with Crippen LogP contribution in [0.2, 0.25) is 0 Å². The maximum atomic E-state index is 11.9. The van der Waals surface area contributed by atoms with Crippen LogP contribution < -0.4 is 5.56 Å². The molecule has 4 rings (SSSR count). The third kappa shape index (κ3) is 3.76. The maximum absolute atomic E-state index is 11.9. The Morgan fingerprint density at radius 2 is 2.08 bits per heavy atom. The van der Waals surface area contributed by atoms with E-state index in [9.17, 15) is 4.79 Å². The van der Waals surface area contributed by atoms with Crippen LogP contribution in [0.15, 0.2) is 46.7 Å². The molecular formula is C20H22N4OS. The first kappa shape index (κ1) is 17.1. The fourth-order valence-electron chi connectivity index (χ4n) is 3.02. The van der Waals surface area contributed by atoms with Gasteiger partial charge in [-0.15, -0.1) is 11.3 Å². The summed E-state index contributed by atoms with van der Waals surface area (Å²) in [5.41, 5.74) is 3.02. The third-order valence-corrected chi connectivity index (χ3v) is 5.83. The molecule has 1 N–H and O–H groups in total. The summed E-state index contributed by atoms with van der Waals surface area (Å²) in [6.07, 6.45) is 4.12. The molecule has 0 saturated heterocycles. The quantitative estimate of drug-likeness (QED) is 0.717. The van der Waals surface area contributed by atoms with E-state index in [1.807, 2.05) is 23.7 Å². The molecule has 6 heteroatoms. The summed E-state index contributed by atoms with van der Waals surface area (Å²) < 4.78 is 0. The molecule has 0 radical (unpaired) electrons. The first-order valence-electron chi connectivity index (χ1n) is 8.90. The summed E-state index contributed by atoms with van der Waals surface area (Å²) >= 11 is 1.68. The minimum Gasteiger partial charge on any atom is -0.307 e. The van der Waals surface area contributed by atoms with Crippen LogP contribution in [0.5, 0.6) is 0 Å². The lowest BCUT2D eigenvalue weighted by atomic mass is 10.1. The van der Waals surface area contributed by atoms with Crippen molar-refractivity contribution < 1.29 is 0 Å². The van der Waals surface area contributed by atoms with Crippen LogP contribution in [-0.4, -0.2) is 26.9 Å². The van der Waals surface area contributed by atoms with Gasteiger partial charge >= 0.3 is 0 Å². The lowest BCUT2D eigenvalue weighted by Gasteiger charge is -2.23. The number of hydrogen-bond donors (Lipinski definition) is 1. The van der Waals surface area contributed by atoms with Gasteiger partial charge in [0.05, 0.1) is 11.7 Å². The number of H-pyrrole nitrogens is 1. The van der Waals surface area contributed by atoms with E-state index in [2.05, 4.69) is 46.0 Å². The van der Waals surface area contributed by atoms with Gasteiger partial charge in [0.25, 0.3) is 5.56 Å². The predicted molar refractivity (Wildman–Crippen MR) is 104 cm³/mol. The largest absolute Gasteiger partial charge is 0.307 e. The van der Waals surface area contributed by atoms with Crippen molar-refractivity contribution in [3.05, 3.63) is 68.5 Å². The Kier molecular flexibility index (Phi) is 4.70. The monoisotopic (exact) mass is 366 g/mol. The second kappa shape index (κ2) is 7.13. The predicted octanol–water partition coefficient (Wildman–Crippen LogP) is 3.96. The average molecular weight is 366 g/mol. The van der Waals surface area contributed by atoms with E-state index < -0.39 is 0 Å². The van der Waals surface area contributed by atoms with Gasteiger partial charge in [-0.25, -0.2) is 9.97 Å². The normalized spacial score (nSPS) is 15.3. The zero-order valence-electron chi connectivity index (χ0n) is 15.0. The number of hydrogen-bond acceptors (Lipinski definition) is 5. The van der Waals surface area contributed by atoms with Gasteiger partial charge in [-0.05, 0) is 32.4 Å². The van der Waals surface area contributed by atoms with Gasteiger partial charge in [-0.1, -0.05) is 24.3 Å². The molecule has 3 aromatic rings. The highest BCUT2D eigenvalue weighted by Crippen LogP contribution is 2.38. The molecule has 0 aliphatic heterocycles. The fraction of sp³-hybridized carbons (Fsp3) is 0.350. The zero-order valence-corrected chi connectivity index (χ0v) is 15.8.